The van der Waals surface area contributed by atoms with E-state index in [1.54, 1.807) is 0 Å². The van der Waals surface area contributed by atoms with Gasteiger partial charge in [-0.15, -0.1) is 0 Å². The van der Waals surface area contributed by atoms with Crippen LogP contribution in [-0.4, -0.2) is 30.3 Å². The number of sulfonamides is 1. The second kappa shape index (κ2) is 4.80. The third-order valence-electron chi connectivity index (χ3n) is 2.25. The average Bonchev–Trinajstić information content (AvgIpc) is 2.18. The van der Waals surface area contributed by atoms with Gasteiger partial charge >= 0.3 is 0 Å². The highest BCUT2D eigenvalue weighted by Crippen LogP contribution is 2.17. The first-order valence-corrected chi connectivity index (χ1v) is 6.57. The standard InChI is InChI=1S/C10H17N3O2S/c1-4-13(8(2)3)16(14,15)9-5-6-10(11)12-7-9/h5-8H,4H2,1-3H3,(H2,11,12). The van der Waals surface area contributed by atoms with E-state index >= 15 is 0 Å². The van der Waals surface area contributed by atoms with Gasteiger partial charge in [0.15, 0.2) is 0 Å². The van der Waals surface area contributed by atoms with Crippen molar-refractivity contribution in [3.63, 3.8) is 0 Å². The predicted octanol–water partition coefficient (Wildman–Crippen LogP) is 1.08. The molecule has 2 N–H and O–H groups in total. The lowest BCUT2D eigenvalue weighted by atomic mass is 10.4. The van der Waals surface area contributed by atoms with E-state index in [1.165, 1.54) is 22.6 Å². The lowest BCUT2D eigenvalue weighted by Crippen LogP contribution is -2.36. The van der Waals surface area contributed by atoms with E-state index in [4.69, 9.17) is 5.73 Å². The number of anilines is 1. The molecule has 0 saturated heterocycles. The molecule has 0 amide bonds. The first-order chi connectivity index (χ1) is 7.39. The summed E-state index contributed by atoms with van der Waals surface area (Å²) in [5.41, 5.74) is 5.42. The number of aromatic nitrogens is 1. The predicted molar refractivity (Wildman–Crippen MR) is 63.4 cm³/mol. The Morgan fingerprint density at radius 1 is 1.44 bits per heavy atom. The third-order valence-corrected chi connectivity index (χ3v) is 4.39. The molecule has 0 unspecified atom stereocenters. The lowest BCUT2D eigenvalue weighted by Gasteiger charge is -2.24. The van der Waals surface area contributed by atoms with Crippen LogP contribution in [0.4, 0.5) is 5.82 Å². The van der Waals surface area contributed by atoms with Crippen molar-refractivity contribution in [1.82, 2.24) is 9.29 Å². The second-order valence-corrected chi connectivity index (χ2v) is 5.61. The topological polar surface area (TPSA) is 76.3 Å². The summed E-state index contributed by atoms with van der Waals surface area (Å²) in [6.07, 6.45) is 1.29. The highest BCUT2D eigenvalue weighted by atomic mass is 32.2. The Labute approximate surface area is 96.3 Å². The van der Waals surface area contributed by atoms with Crippen LogP contribution < -0.4 is 5.73 Å². The van der Waals surface area contributed by atoms with E-state index < -0.39 is 10.0 Å². The van der Waals surface area contributed by atoms with E-state index in [0.717, 1.165) is 0 Å². The zero-order chi connectivity index (χ0) is 12.3. The minimum absolute atomic E-state index is 0.0763. The largest absolute Gasteiger partial charge is 0.384 e. The molecule has 1 aromatic heterocycles. The van der Waals surface area contributed by atoms with Crippen LogP contribution in [0.5, 0.6) is 0 Å². The van der Waals surface area contributed by atoms with Gasteiger partial charge < -0.3 is 5.73 Å². The fourth-order valence-corrected chi connectivity index (χ4v) is 3.08. The lowest BCUT2D eigenvalue weighted by molar-refractivity contribution is 0.369. The highest BCUT2D eigenvalue weighted by molar-refractivity contribution is 7.89. The number of pyridine rings is 1. The Balaban J connectivity index is 3.15. The van der Waals surface area contributed by atoms with E-state index in [2.05, 4.69) is 4.98 Å². The van der Waals surface area contributed by atoms with Crippen molar-refractivity contribution in [2.24, 2.45) is 0 Å². The minimum Gasteiger partial charge on any atom is -0.384 e. The summed E-state index contributed by atoms with van der Waals surface area (Å²) >= 11 is 0. The molecule has 0 aromatic carbocycles. The summed E-state index contributed by atoms with van der Waals surface area (Å²) in [6, 6.07) is 2.89. The molecule has 6 heteroatoms. The van der Waals surface area contributed by atoms with Crippen LogP contribution in [0.2, 0.25) is 0 Å². The molecule has 1 rings (SSSR count). The zero-order valence-electron chi connectivity index (χ0n) is 9.71. The van der Waals surface area contributed by atoms with Gasteiger partial charge in [0.25, 0.3) is 0 Å². The number of rotatable bonds is 4. The zero-order valence-corrected chi connectivity index (χ0v) is 10.5. The quantitative estimate of drug-likeness (QED) is 0.858. The molecule has 1 aromatic rings. The van der Waals surface area contributed by atoms with Gasteiger partial charge in [-0.05, 0) is 26.0 Å². The molecule has 0 radical (unpaired) electrons. The Morgan fingerprint density at radius 3 is 2.44 bits per heavy atom. The Bertz CT molecular complexity index is 440. The molecule has 0 fully saturated rings. The molecule has 0 atom stereocenters. The molecule has 0 spiro atoms. The van der Waals surface area contributed by atoms with Crippen LogP contribution in [0.25, 0.3) is 0 Å². The third kappa shape index (κ3) is 2.51. The number of hydrogen-bond acceptors (Lipinski definition) is 4. The van der Waals surface area contributed by atoms with Crippen LogP contribution in [0.15, 0.2) is 23.2 Å². The molecule has 0 aliphatic heterocycles. The fourth-order valence-electron chi connectivity index (χ4n) is 1.49. The van der Waals surface area contributed by atoms with Crippen LogP contribution in [0, 0.1) is 0 Å². The molecule has 90 valence electrons. The Kier molecular flexibility index (Phi) is 3.88. The van der Waals surface area contributed by atoms with Crippen molar-refractivity contribution < 1.29 is 8.42 Å². The molecular formula is C10H17N3O2S. The molecule has 16 heavy (non-hydrogen) atoms. The molecule has 0 aliphatic rings. The second-order valence-electron chi connectivity index (χ2n) is 3.72. The van der Waals surface area contributed by atoms with E-state index in [-0.39, 0.29) is 10.9 Å². The van der Waals surface area contributed by atoms with Crippen molar-refractivity contribution in [3.05, 3.63) is 18.3 Å². The first kappa shape index (κ1) is 12.9. The Morgan fingerprint density at radius 2 is 2.06 bits per heavy atom. The summed E-state index contributed by atoms with van der Waals surface area (Å²) in [5, 5.41) is 0. The summed E-state index contributed by atoms with van der Waals surface area (Å²) in [6.45, 7) is 5.92. The van der Waals surface area contributed by atoms with Crippen molar-refractivity contribution in [1.29, 1.82) is 0 Å². The van der Waals surface area contributed by atoms with Crippen LogP contribution in [0.1, 0.15) is 20.8 Å². The van der Waals surface area contributed by atoms with Gasteiger partial charge in [0.2, 0.25) is 10.0 Å². The molecule has 1 heterocycles. The maximum atomic E-state index is 12.2. The normalized spacial score (nSPS) is 12.3. The van der Waals surface area contributed by atoms with Crippen LogP contribution in [-0.2, 0) is 10.0 Å². The van der Waals surface area contributed by atoms with Crippen molar-refractivity contribution in [2.75, 3.05) is 12.3 Å². The number of nitrogens with zero attached hydrogens (tertiary/aromatic N) is 2. The number of nitrogens with two attached hydrogens (primary N) is 1. The van der Waals surface area contributed by atoms with Gasteiger partial charge in [-0.2, -0.15) is 4.31 Å². The van der Waals surface area contributed by atoms with Crippen LogP contribution >= 0.6 is 0 Å². The van der Waals surface area contributed by atoms with Gasteiger partial charge in [-0.1, -0.05) is 6.92 Å². The Hall–Kier alpha value is -1.14. The molecule has 0 saturated carbocycles. The van der Waals surface area contributed by atoms with E-state index in [0.29, 0.717) is 12.4 Å². The SMILES string of the molecule is CCN(C(C)C)S(=O)(=O)c1ccc(N)nc1. The van der Waals surface area contributed by atoms with Gasteiger partial charge in [0.1, 0.15) is 10.7 Å². The number of hydrogen-bond donors (Lipinski definition) is 1. The monoisotopic (exact) mass is 243 g/mol. The molecule has 5 nitrogen and oxygen atoms in total. The highest BCUT2D eigenvalue weighted by Gasteiger charge is 2.25. The molecule has 0 aliphatic carbocycles. The summed E-state index contributed by atoms with van der Waals surface area (Å²) < 4.78 is 25.7. The smallest absolute Gasteiger partial charge is 0.244 e. The maximum absolute atomic E-state index is 12.2. The fraction of sp³-hybridized carbons (Fsp3) is 0.500. The van der Waals surface area contributed by atoms with Gasteiger partial charge in [-0.25, -0.2) is 13.4 Å². The van der Waals surface area contributed by atoms with Gasteiger partial charge in [0.05, 0.1) is 0 Å². The summed E-state index contributed by atoms with van der Waals surface area (Å²) in [5.74, 6) is 0.312. The minimum atomic E-state index is -3.45. The molecule has 0 bridgehead atoms. The van der Waals surface area contributed by atoms with Gasteiger partial charge in [0, 0.05) is 18.8 Å². The van der Waals surface area contributed by atoms with E-state index in [9.17, 15) is 8.42 Å². The first-order valence-electron chi connectivity index (χ1n) is 5.13. The number of nitrogen functional groups attached to an aromatic ring is 1. The van der Waals surface area contributed by atoms with Crippen molar-refractivity contribution >= 4 is 15.8 Å². The average molecular weight is 243 g/mol. The van der Waals surface area contributed by atoms with Gasteiger partial charge in [-0.3, -0.25) is 0 Å². The van der Waals surface area contributed by atoms with Crippen LogP contribution in [0.3, 0.4) is 0 Å². The summed E-state index contributed by atoms with van der Waals surface area (Å²) in [7, 11) is -3.45. The summed E-state index contributed by atoms with van der Waals surface area (Å²) in [4.78, 5) is 3.97. The van der Waals surface area contributed by atoms with Crippen molar-refractivity contribution in [3.8, 4) is 0 Å². The van der Waals surface area contributed by atoms with Crippen molar-refractivity contribution in [2.45, 2.75) is 31.7 Å². The molecular weight excluding hydrogens is 226 g/mol. The maximum Gasteiger partial charge on any atom is 0.244 e. The van der Waals surface area contributed by atoms with E-state index in [1.807, 2.05) is 20.8 Å².